The summed E-state index contributed by atoms with van der Waals surface area (Å²) in [4.78, 5) is 12.0. The highest BCUT2D eigenvalue weighted by molar-refractivity contribution is 5.92. The quantitative estimate of drug-likeness (QED) is 0.641. The van der Waals surface area contributed by atoms with Crippen LogP contribution in [0.2, 0.25) is 0 Å². The van der Waals surface area contributed by atoms with Gasteiger partial charge in [0.05, 0.1) is 18.8 Å². The number of anilines is 1. The van der Waals surface area contributed by atoms with Crippen LogP contribution in [0.4, 0.5) is 5.69 Å². The highest BCUT2D eigenvalue weighted by Crippen LogP contribution is 2.17. The maximum absolute atomic E-state index is 12.0. The van der Waals surface area contributed by atoms with E-state index < -0.39 is 0 Å². The van der Waals surface area contributed by atoms with Crippen molar-refractivity contribution in [3.8, 4) is 5.75 Å². The number of nitrogens with one attached hydrogen (secondary N) is 2. The summed E-state index contributed by atoms with van der Waals surface area (Å²) in [5.41, 5.74) is 1.84. The van der Waals surface area contributed by atoms with Crippen molar-refractivity contribution in [3.63, 3.8) is 0 Å². The zero-order valence-electron chi connectivity index (χ0n) is 14.6. The van der Waals surface area contributed by atoms with Gasteiger partial charge >= 0.3 is 0 Å². The number of hydrogen-bond donors (Lipinski definition) is 2. The van der Waals surface area contributed by atoms with E-state index in [1.54, 1.807) is 6.26 Å². The fourth-order valence-electron chi connectivity index (χ4n) is 2.46. The molecule has 0 bridgehead atoms. The predicted octanol–water partition coefficient (Wildman–Crippen LogP) is 4.15. The first kappa shape index (κ1) is 17.8. The molecule has 1 amide bonds. The van der Waals surface area contributed by atoms with Crippen molar-refractivity contribution >= 4 is 11.6 Å². The van der Waals surface area contributed by atoms with Crippen LogP contribution in [-0.4, -0.2) is 12.5 Å². The number of carbonyl (C=O) groups excluding carboxylic acids is 1. The first-order chi connectivity index (χ1) is 12.7. The van der Waals surface area contributed by atoms with Crippen molar-refractivity contribution in [1.82, 2.24) is 5.32 Å². The number of furan rings is 1. The Labute approximate surface area is 153 Å². The molecule has 2 aromatic carbocycles. The molecule has 26 heavy (non-hydrogen) atoms. The van der Waals surface area contributed by atoms with Gasteiger partial charge < -0.3 is 14.5 Å². The smallest absolute Gasteiger partial charge is 0.238 e. The monoisotopic (exact) mass is 350 g/mol. The van der Waals surface area contributed by atoms with Crippen LogP contribution >= 0.6 is 0 Å². The molecule has 134 valence electrons. The van der Waals surface area contributed by atoms with E-state index in [1.165, 1.54) is 0 Å². The third-order valence-electron chi connectivity index (χ3n) is 3.93. The molecule has 0 aliphatic rings. The summed E-state index contributed by atoms with van der Waals surface area (Å²) in [7, 11) is 0. The third-order valence-corrected chi connectivity index (χ3v) is 3.93. The second kappa shape index (κ2) is 8.87. The van der Waals surface area contributed by atoms with Gasteiger partial charge in [-0.1, -0.05) is 30.3 Å². The summed E-state index contributed by atoms with van der Waals surface area (Å²) >= 11 is 0. The average Bonchev–Trinajstić information content (AvgIpc) is 3.21. The largest absolute Gasteiger partial charge is 0.489 e. The number of ether oxygens (including phenoxy) is 1. The van der Waals surface area contributed by atoms with Gasteiger partial charge in [-0.2, -0.15) is 0 Å². The molecule has 3 aromatic rings. The van der Waals surface area contributed by atoms with Crippen molar-refractivity contribution in [3.05, 3.63) is 84.3 Å². The van der Waals surface area contributed by atoms with Gasteiger partial charge in [-0.15, -0.1) is 0 Å². The van der Waals surface area contributed by atoms with E-state index in [-0.39, 0.29) is 18.5 Å². The lowest BCUT2D eigenvalue weighted by Gasteiger charge is -2.12. The Morgan fingerprint density at radius 3 is 2.50 bits per heavy atom. The van der Waals surface area contributed by atoms with Crippen LogP contribution in [0.1, 0.15) is 24.3 Å². The van der Waals surface area contributed by atoms with Gasteiger partial charge in [-0.25, -0.2) is 0 Å². The maximum atomic E-state index is 12.0. The van der Waals surface area contributed by atoms with Crippen molar-refractivity contribution in [2.75, 3.05) is 11.9 Å². The lowest BCUT2D eigenvalue weighted by Crippen LogP contribution is -2.29. The second-order valence-corrected chi connectivity index (χ2v) is 5.96. The van der Waals surface area contributed by atoms with Crippen LogP contribution in [0.25, 0.3) is 0 Å². The van der Waals surface area contributed by atoms with Gasteiger partial charge in [0.2, 0.25) is 5.91 Å². The lowest BCUT2D eigenvalue weighted by molar-refractivity contribution is -0.115. The Bertz CT molecular complexity index is 799. The van der Waals surface area contributed by atoms with E-state index in [2.05, 4.69) is 10.6 Å². The van der Waals surface area contributed by atoms with Crippen LogP contribution in [0.3, 0.4) is 0 Å². The van der Waals surface area contributed by atoms with E-state index in [9.17, 15) is 4.79 Å². The molecule has 0 aliphatic carbocycles. The summed E-state index contributed by atoms with van der Waals surface area (Å²) in [5, 5.41) is 5.98. The highest BCUT2D eigenvalue weighted by atomic mass is 16.5. The van der Waals surface area contributed by atoms with Gasteiger partial charge in [0.15, 0.2) is 0 Å². The molecule has 1 heterocycles. The Morgan fingerprint density at radius 1 is 1.04 bits per heavy atom. The minimum Gasteiger partial charge on any atom is -0.489 e. The van der Waals surface area contributed by atoms with E-state index in [0.717, 1.165) is 22.8 Å². The maximum Gasteiger partial charge on any atom is 0.238 e. The number of benzene rings is 2. The molecular formula is C21H22N2O3. The lowest BCUT2D eigenvalue weighted by atomic mass is 10.2. The molecule has 5 heteroatoms. The molecule has 2 N–H and O–H groups in total. The third kappa shape index (κ3) is 5.22. The summed E-state index contributed by atoms with van der Waals surface area (Å²) in [6.07, 6.45) is 1.62. The molecule has 0 saturated carbocycles. The van der Waals surface area contributed by atoms with Gasteiger partial charge in [0.25, 0.3) is 0 Å². The zero-order valence-corrected chi connectivity index (χ0v) is 14.6. The Hall–Kier alpha value is -3.05. The standard InChI is InChI=1S/C21H22N2O3/c1-16(20-8-5-13-25-20)22-14-21(24)23-18-9-11-19(12-10-18)26-15-17-6-3-2-4-7-17/h2-13,16,22H,14-15H2,1H3,(H,23,24)/t16-/m0/s1. The molecule has 0 unspecified atom stereocenters. The van der Waals surface area contributed by atoms with Crippen LogP contribution in [0.5, 0.6) is 5.75 Å². The van der Waals surface area contributed by atoms with Gasteiger partial charge in [-0.05, 0) is 48.9 Å². The first-order valence-electron chi connectivity index (χ1n) is 8.54. The molecule has 5 nitrogen and oxygen atoms in total. The summed E-state index contributed by atoms with van der Waals surface area (Å²) < 4.78 is 11.0. The minimum absolute atomic E-state index is 0.0236. The summed E-state index contributed by atoms with van der Waals surface area (Å²) in [6.45, 7) is 2.67. The van der Waals surface area contributed by atoms with Crippen LogP contribution < -0.4 is 15.4 Å². The predicted molar refractivity (Wildman–Crippen MR) is 101 cm³/mol. The van der Waals surface area contributed by atoms with Gasteiger partial charge in [0, 0.05) is 5.69 Å². The fourth-order valence-corrected chi connectivity index (χ4v) is 2.46. The molecule has 1 aromatic heterocycles. The van der Waals surface area contributed by atoms with E-state index >= 15 is 0 Å². The van der Waals surface area contributed by atoms with Crippen LogP contribution in [0, 0.1) is 0 Å². The topological polar surface area (TPSA) is 63.5 Å². The van der Waals surface area contributed by atoms with Crippen LogP contribution in [-0.2, 0) is 11.4 Å². The van der Waals surface area contributed by atoms with Gasteiger partial charge in [0.1, 0.15) is 18.1 Å². The molecule has 1 atom stereocenters. The average molecular weight is 350 g/mol. The fraction of sp³-hybridized carbons (Fsp3) is 0.190. The number of rotatable bonds is 8. The molecule has 0 saturated heterocycles. The molecule has 3 rings (SSSR count). The van der Waals surface area contributed by atoms with E-state index in [0.29, 0.717) is 6.61 Å². The highest BCUT2D eigenvalue weighted by Gasteiger charge is 2.10. The molecule has 0 spiro atoms. The SMILES string of the molecule is C[C@H](NCC(=O)Nc1ccc(OCc2ccccc2)cc1)c1ccco1. The van der Waals surface area contributed by atoms with Crippen molar-refractivity contribution < 1.29 is 13.9 Å². The van der Waals surface area contributed by atoms with Crippen molar-refractivity contribution in [1.29, 1.82) is 0 Å². The first-order valence-corrected chi connectivity index (χ1v) is 8.54. The van der Waals surface area contributed by atoms with Crippen LogP contribution in [0.15, 0.2) is 77.4 Å². The second-order valence-electron chi connectivity index (χ2n) is 5.96. The summed E-state index contributed by atoms with van der Waals surface area (Å²) in [6, 6.07) is 21.0. The van der Waals surface area contributed by atoms with Crippen molar-refractivity contribution in [2.24, 2.45) is 0 Å². The molecule has 0 aliphatic heterocycles. The number of hydrogen-bond acceptors (Lipinski definition) is 4. The molecular weight excluding hydrogens is 328 g/mol. The van der Waals surface area contributed by atoms with Gasteiger partial charge in [-0.3, -0.25) is 10.1 Å². The summed E-state index contributed by atoms with van der Waals surface area (Å²) in [5.74, 6) is 1.45. The van der Waals surface area contributed by atoms with Crippen molar-refractivity contribution in [2.45, 2.75) is 19.6 Å². The number of amides is 1. The zero-order chi connectivity index (χ0) is 18.2. The number of carbonyl (C=O) groups is 1. The van der Waals surface area contributed by atoms with E-state index in [4.69, 9.17) is 9.15 Å². The minimum atomic E-state index is -0.110. The normalized spacial score (nSPS) is 11.7. The molecule has 0 fully saturated rings. The Kier molecular flexibility index (Phi) is 6.06. The molecule has 0 radical (unpaired) electrons. The van der Waals surface area contributed by atoms with E-state index in [1.807, 2.05) is 73.7 Å². The Balaban J connectivity index is 1.44. The Morgan fingerprint density at radius 2 is 1.81 bits per heavy atom.